The molecule has 0 aliphatic carbocycles. The quantitative estimate of drug-likeness (QED) is 0.664. The van der Waals surface area contributed by atoms with Gasteiger partial charge in [0, 0.05) is 15.9 Å². The van der Waals surface area contributed by atoms with E-state index in [4.69, 9.17) is 4.74 Å². The fourth-order valence-corrected chi connectivity index (χ4v) is 3.91. The van der Waals surface area contributed by atoms with Gasteiger partial charge < -0.3 is 10.1 Å². The van der Waals surface area contributed by atoms with Crippen LogP contribution < -0.4 is 5.32 Å². The molecule has 1 aromatic carbocycles. The summed E-state index contributed by atoms with van der Waals surface area (Å²) < 4.78 is 4.97. The van der Waals surface area contributed by atoms with E-state index in [1.165, 1.54) is 16.2 Å². The smallest absolute Gasteiger partial charge is 0.338 e. The Labute approximate surface area is 153 Å². The second-order valence-electron chi connectivity index (χ2n) is 5.20. The predicted molar refractivity (Wildman–Crippen MR) is 101 cm³/mol. The first kappa shape index (κ1) is 17.3. The number of esters is 1. The van der Waals surface area contributed by atoms with Crippen LogP contribution in [-0.4, -0.2) is 23.5 Å². The number of hydrogen-bond acceptors (Lipinski definition) is 6. The minimum atomic E-state index is -0.414. The molecular formula is C18H16N2O3S2. The largest absolute Gasteiger partial charge is 0.462 e. The first-order valence-electron chi connectivity index (χ1n) is 7.67. The summed E-state index contributed by atoms with van der Waals surface area (Å²) in [4.78, 5) is 30.8. The van der Waals surface area contributed by atoms with Gasteiger partial charge in [0.2, 0.25) is 0 Å². The van der Waals surface area contributed by atoms with Crippen molar-refractivity contribution < 1.29 is 14.3 Å². The molecule has 3 rings (SSSR count). The van der Waals surface area contributed by atoms with Crippen LogP contribution in [0.15, 0.2) is 41.8 Å². The highest BCUT2D eigenvalue weighted by Gasteiger charge is 2.14. The molecule has 1 N–H and O–H groups in total. The maximum atomic E-state index is 12.4. The van der Waals surface area contributed by atoms with Crippen molar-refractivity contribution in [2.45, 2.75) is 13.8 Å². The highest BCUT2D eigenvalue weighted by atomic mass is 32.1. The van der Waals surface area contributed by atoms with Crippen LogP contribution >= 0.6 is 22.7 Å². The molecule has 0 bridgehead atoms. The number of hydrogen-bond donors (Lipinski definition) is 1. The number of anilines is 1. The Kier molecular flexibility index (Phi) is 5.25. The fourth-order valence-electron chi connectivity index (χ4n) is 2.17. The number of thiazole rings is 1. The SMILES string of the molecule is CCOC(=O)c1cccc(NC(=O)c2csc(-c3ccc(C)s3)n2)c1. The van der Waals surface area contributed by atoms with Gasteiger partial charge in [-0.05, 0) is 44.2 Å². The van der Waals surface area contributed by atoms with E-state index < -0.39 is 5.97 Å². The first-order valence-corrected chi connectivity index (χ1v) is 9.37. The number of aromatic nitrogens is 1. The van der Waals surface area contributed by atoms with Gasteiger partial charge >= 0.3 is 5.97 Å². The summed E-state index contributed by atoms with van der Waals surface area (Å²) in [6.45, 7) is 4.09. The zero-order valence-corrected chi connectivity index (χ0v) is 15.4. The molecule has 0 radical (unpaired) electrons. The monoisotopic (exact) mass is 372 g/mol. The van der Waals surface area contributed by atoms with Crippen molar-refractivity contribution in [1.29, 1.82) is 0 Å². The van der Waals surface area contributed by atoms with Crippen molar-refractivity contribution in [1.82, 2.24) is 4.98 Å². The third-order valence-corrected chi connectivity index (χ3v) is 5.33. The maximum absolute atomic E-state index is 12.4. The Hall–Kier alpha value is -2.51. The molecule has 0 saturated carbocycles. The molecule has 1 amide bonds. The van der Waals surface area contributed by atoms with Gasteiger partial charge in [0.25, 0.3) is 5.91 Å². The summed E-state index contributed by atoms with van der Waals surface area (Å²) >= 11 is 3.08. The number of aryl methyl sites for hydroxylation is 1. The van der Waals surface area contributed by atoms with Crippen molar-refractivity contribution in [3.63, 3.8) is 0 Å². The van der Waals surface area contributed by atoms with E-state index in [-0.39, 0.29) is 5.91 Å². The van der Waals surface area contributed by atoms with Gasteiger partial charge in [0.1, 0.15) is 10.7 Å². The Morgan fingerprint density at radius 2 is 2.08 bits per heavy atom. The van der Waals surface area contributed by atoms with Crippen LogP contribution in [0.2, 0.25) is 0 Å². The van der Waals surface area contributed by atoms with Crippen LogP contribution in [-0.2, 0) is 4.74 Å². The van der Waals surface area contributed by atoms with Crippen LogP contribution in [0.4, 0.5) is 5.69 Å². The molecule has 0 aliphatic rings. The first-order chi connectivity index (χ1) is 12.1. The van der Waals surface area contributed by atoms with Crippen molar-refractivity contribution in [3.8, 4) is 9.88 Å². The number of carbonyl (C=O) groups is 2. The van der Waals surface area contributed by atoms with Gasteiger partial charge in [0.15, 0.2) is 0 Å². The number of carbonyl (C=O) groups excluding carboxylic acids is 2. The third-order valence-electron chi connectivity index (χ3n) is 3.32. The molecule has 3 aromatic rings. The number of thiophene rings is 1. The molecule has 25 heavy (non-hydrogen) atoms. The van der Waals surface area contributed by atoms with E-state index >= 15 is 0 Å². The van der Waals surface area contributed by atoms with Crippen LogP contribution in [0.5, 0.6) is 0 Å². The summed E-state index contributed by atoms with van der Waals surface area (Å²) in [5.74, 6) is -0.723. The van der Waals surface area contributed by atoms with Gasteiger partial charge in [-0.1, -0.05) is 6.07 Å². The summed E-state index contributed by atoms with van der Waals surface area (Å²) in [6, 6.07) is 10.7. The Bertz CT molecular complexity index is 914. The Morgan fingerprint density at radius 1 is 1.24 bits per heavy atom. The van der Waals surface area contributed by atoms with Crippen molar-refractivity contribution >= 4 is 40.2 Å². The number of ether oxygens (including phenoxy) is 1. The average Bonchev–Trinajstić information content (AvgIpc) is 3.24. The number of amides is 1. The number of nitrogens with one attached hydrogen (secondary N) is 1. The minimum Gasteiger partial charge on any atom is -0.462 e. The molecule has 0 fully saturated rings. The van der Waals surface area contributed by atoms with E-state index in [1.807, 2.05) is 19.1 Å². The highest BCUT2D eigenvalue weighted by Crippen LogP contribution is 2.30. The lowest BCUT2D eigenvalue weighted by atomic mass is 10.2. The number of rotatable bonds is 5. The molecule has 7 heteroatoms. The highest BCUT2D eigenvalue weighted by molar-refractivity contribution is 7.21. The Balaban J connectivity index is 1.73. The van der Waals surface area contributed by atoms with Crippen molar-refractivity contribution in [2.75, 3.05) is 11.9 Å². The standard InChI is InChI=1S/C18H16N2O3S2/c1-3-23-18(22)12-5-4-6-13(9-12)19-16(21)14-10-24-17(20-14)15-8-7-11(2)25-15/h4-10H,3H2,1-2H3,(H,19,21). The third kappa shape index (κ3) is 4.12. The van der Waals surface area contributed by atoms with E-state index in [1.54, 1.807) is 47.9 Å². The van der Waals surface area contributed by atoms with Gasteiger partial charge in [0.05, 0.1) is 17.0 Å². The lowest BCUT2D eigenvalue weighted by Gasteiger charge is -2.06. The van der Waals surface area contributed by atoms with Crippen LogP contribution in [0.1, 0.15) is 32.6 Å². The zero-order valence-electron chi connectivity index (χ0n) is 13.7. The zero-order chi connectivity index (χ0) is 17.8. The summed E-state index contributed by atoms with van der Waals surface area (Å²) in [5.41, 5.74) is 1.28. The van der Waals surface area contributed by atoms with E-state index in [2.05, 4.69) is 10.3 Å². The number of benzene rings is 1. The molecule has 5 nitrogen and oxygen atoms in total. The fraction of sp³-hybridized carbons (Fsp3) is 0.167. The molecule has 0 saturated heterocycles. The number of nitrogens with zero attached hydrogens (tertiary/aromatic N) is 1. The Morgan fingerprint density at radius 3 is 2.80 bits per heavy atom. The molecular weight excluding hydrogens is 356 g/mol. The van der Waals surface area contributed by atoms with E-state index in [0.717, 1.165) is 9.88 Å². The molecule has 0 spiro atoms. The molecule has 2 aromatic heterocycles. The molecule has 2 heterocycles. The van der Waals surface area contributed by atoms with Gasteiger partial charge in [-0.15, -0.1) is 22.7 Å². The van der Waals surface area contributed by atoms with Crippen LogP contribution in [0.3, 0.4) is 0 Å². The van der Waals surface area contributed by atoms with E-state index in [0.29, 0.717) is 23.6 Å². The second-order valence-corrected chi connectivity index (χ2v) is 7.35. The van der Waals surface area contributed by atoms with Crippen LogP contribution in [0.25, 0.3) is 9.88 Å². The summed E-state index contributed by atoms with van der Waals surface area (Å²) in [5, 5.41) is 5.32. The van der Waals surface area contributed by atoms with E-state index in [9.17, 15) is 9.59 Å². The molecule has 0 atom stereocenters. The molecule has 0 aliphatic heterocycles. The average molecular weight is 372 g/mol. The maximum Gasteiger partial charge on any atom is 0.338 e. The predicted octanol–water partition coefficient (Wildman–Crippen LogP) is 4.61. The second kappa shape index (κ2) is 7.58. The van der Waals surface area contributed by atoms with Gasteiger partial charge in [-0.2, -0.15) is 0 Å². The van der Waals surface area contributed by atoms with Gasteiger partial charge in [-0.25, -0.2) is 9.78 Å². The molecule has 128 valence electrons. The topological polar surface area (TPSA) is 68.3 Å². The summed E-state index contributed by atoms with van der Waals surface area (Å²) in [7, 11) is 0. The molecule has 0 unspecified atom stereocenters. The van der Waals surface area contributed by atoms with Crippen molar-refractivity contribution in [2.24, 2.45) is 0 Å². The van der Waals surface area contributed by atoms with Crippen LogP contribution in [0, 0.1) is 6.92 Å². The lowest BCUT2D eigenvalue weighted by Crippen LogP contribution is -2.13. The minimum absolute atomic E-state index is 0.305. The van der Waals surface area contributed by atoms with Gasteiger partial charge in [-0.3, -0.25) is 4.79 Å². The van der Waals surface area contributed by atoms with Crippen molar-refractivity contribution in [3.05, 3.63) is 57.9 Å². The summed E-state index contributed by atoms with van der Waals surface area (Å²) in [6.07, 6.45) is 0. The lowest BCUT2D eigenvalue weighted by molar-refractivity contribution is 0.0526. The normalized spacial score (nSPS) is 10.5.